The van der Waals surface area contributed by atoms with Crippen molar-refractivity contribution >= 4 is 5.97 Å². The zero-order chi connectivity index (χ0) is 7.30. The smallest absolute Gasteiger partial charge is 0.306 e. The summed E-state index contributed by atoms with van der Waals surface area (Å²) in [6.07, 6.45) is 2.22. The molecule has 0 aliphatic heterocycles. The minimum Gasteiger partial charge on any atom is -0.481 e. The fourth-order valence-electron chi connectivity index (χ4n) is 1.92. The first-order valence-electron chi connectivity index (χ1n) is 3.93. The highest BCUT2D eigenvalue weighted by molar-refractivity contribution is 5.73. The van der Waals surface area contributed by atoms with Crippen molar-refractivity contribution in [1.82, 2.24) is 0 Å². The maximum absolute atomic E-state index is 10.4. The van der Waals surface area contributed by atoms with Gasteiger partial charge in [0.15, 0.2) is 0 Å². The lowest BCUT2D eigenvalue weighted by atomic mass is 10.2. The molecule has 0 heterocycles. The molecule has 2 nitrogen and oxygen atoms in total. The zero-order valence-electron chi connectivity index (χ0n) is 6.08. The maximum Gasteiger partial charge on any atom is 0.306 e. The Morgan fingerprint density at radius 3 is 2.30 bits per heavy atom. The van der Waals surface area contributed by atoms with E-state index in [1.807, 2.05) is 0 Å². The molecule has 2 aliphatic carbocycles. The van der Waals surface area contributed by atoms with Gasteiger partial charge in [0.05, 0.1) is 5.92 Å². The van der Waals surface area contributed by atoms with E-state index >= 15 is 0 Å². The standard InChI is InChI=1S/C8H12O2/c1-4-2-5(4)6-3-7(6)8(9)10/h4-7H,2-3H2,1H3,(H,9,10)/t4-,5+,6-,7-/m1/s1. The predicted molar refractivity (Wildman–Crippen MR) is 36.5 cm³/mol. The molecule has 10 heavy (non-hydrogen) atoms. The molecule has 0 unspecified atom stereocenters. The summed E-state index contributed by atoms with van der Waals surface area (Å²) in [5.41, 5.74) is 0. The molecule has 4 atom stereocenters. The third kappa shape index (κ3) is 0.825. The Bertz CT molecular complexity index is 176. The summed E-state index contributed by atoms with van der Waals surface area (Å²) in [6.45, 7) is 2.21. The third-order valence-electron chi connectivity index (χ3n) is 2.88. The van der Waals surface area contributed by atoms with Crippen LogP contribution in [0.15, 0.2) is 0 Å². The van der Waals surface area contributed by atoms with Crippen molar-refractivity contribution < 1.29 is 9.90 Å². The van der Waals surface area contributed by atoms with Crippen molar-refractivity contribution in [2.24, 2.45) is 23.7 Å². The second-order valence-electron chi connectivity index (χ2n) is 3.72. The van der Waals surface area contributed by atoms with Gasteiger partial charge in [-0.25, -0.2) is 0 Å². The Balaban J connectivity index is 1.85. The van der Waals surface area contributed by atoms with Crippen LogP contribution in [-0.2, 0) is 4.79 Å². The summed E-state index contributed by atoms with van der Waals surface area (Å²) in [4.78, 5) is 10.4. The molecule has 2 saturated carbocycles. The van der Waals surface area contributed by atoms with E-state index in [9.17, 15) is 4.79 Å². The SMILES string of the molecule is C[C@@H]1C[C@@H]1[C@H]1C[C@H]1C(=O)O. The Hall–Kier alpha value is -0.530. The lowest BCUT2D eigenvalue weighted by molar-refractivity contribution is -0.138. The van der Waals surface area contributed by atoms with Crippen molar-refractivity contribution in [3.63, 3.8) is 0 Å². The summed E-state index contributed by atoms with van der Waals surface area (Å²) in [7, 11) is 0. The van der Waals surface area contributed by atoms with E-state index in [0.717, 1.165) is 18.3 Å². The van der Waals surface area contributed by atoms with Crippen LogP contribution in [0, 0.1) is 23.7 Å². The summed E-state index contributed by atoms with van der Waals surface area (Å²) < 4.78 is 0. The summed E-state index contributed by atoms with van der Waals surface area (Å²) in [5.74, 6) is 1.57. The lowest BCUT2D eigenvalue weighted by Gasteiger charge is -1.89. The molecule has 2 aliphatic rings. The largest absolute Gasteiger partial charge is 0.481 e. The number of carboxylic acids is 1. The predicted octanol–water partition coefficient (Wildman–Crippen LogP) is 1.36. The Labute approximate surface area is 60.2 Å². The number of carboxylic acid groups (broad SMARTS) is 1. The van der Waals surface area contributed by atoms with E-state index < -0.39 is 5.97 Å². The van der Waals surface area contributed by atoms with Crippen molar-refractivity contribution in [3.05, 3.63) is 0 Å². The number of carbonyl (C=O) groups is 1. The van der Waals surface area contributed by atoms with Gasteiger partial charge in [-0.15, -0.1) is 0 Å². The third-order valence-corrected chi connectivity index (χ3v) is 2.88. The van der Waals surface area contributed by atoms with Crippen molar-refractivity contribution in [2.75, 3.05) is 0 Å². The molecule has 0 aromatic heterocycles. The van der Waals surface area contributed by atoms with Crippen LogP contribution in [-0.4, -0.2) is 11.1 Å². The number of aliphatic carboxylic acids is 1. The number of hydrogen-bond donors (Lipinski definition) is 1. The van der Waals surface area contributed by atoms with Crippen molar-refractivity contribution in [1.29, 1.82) is 0 Å². The molecule has 2 rings (SSSR count). The Morgan fingerprint density at radius 2 is 2.00 bits per heavy atom. The minimum absolute atomic E-state index is 0.0231. The van der Waals surface area contributed by atoms with Crippen LogP contribution in [0.2, 0.25) is 0 Å². The highest BCUT2D eigenvalue weighted by Gasteiger charge is 2.54. The van der Waals surface area contributed by atoms with Gasteiger partial charge >= 0.3 is 5.97 Å². The first kappa shape index (κ1) is 6.20. The van der Waals surface area contributed by atoms with Crippen molar-refractivity contribution in [2.45, 2.75) is 19.8 Å². The van der Waals surface area contributed by atoms with Gasteiger partial charge in [0.25, 0.3) is 0 Å². The molecule has 1 N–H and O–H groups in total. The average molecular weight is 140 g/mol. The van der Waals surface area contributed by atoms with E-state index in [1.165, 1.54) is 6.42 Å². The van der Waals surface area contributed by atoms with E-state index in [1.54, 1.807) is 0 Å². The molecular weight excluding hydrogens is 128 g/mol. The van der Waals surface area contributed by atoms with Crippen LogP contribution in [0.4, 0.5) is 0 Å². The summed E-state index contributed by atoms with van der Waals surface area (Å²) in [5, 5.41) is 8.59. The van der Waals surface area contributed by atoms with Crippen LogP contribution in [0.3, 0.4) is 0 Å². The van der Waals surface area contributed by atoms with Gasteiger partial charge in [0, 0.05) is 0 Å². The van der Waals surface area contributed by atoms with Crippen LogP contribution in [0.1, 0.15) is 19.8 Å². The number of hydrogen-bond acceptors (Lipinski definition) is 1. The van der Waals surface area contributed by atoms with Gasteiger partial charge in [-0.2, -0.15) is 0 Å². The molecule has 0 aromatic carbocycles. The lowest BCUT2D eigenvalue weighted by Crippen LogP contribution is -2.00. The monoisotopic (exact) mass is 140 g/mol. The van der Waals surface area contributed by atoms with Gasteiger partial charge in [-0.05, 0) is 30.6 Å². The van der Waals surface area contributed by atoms with E-state index in [2.05, 4.69) is 6.92 Å². The molecule has 0 aromatic rings. The molecular formula is C8H12O2. The van der Waals surface area contributed by atoms with Crippen LogP contribution in [0.5, 0.6) is 0 Å². The fourth-order valence-corrected chi connectivity index (χ4v) is 1.92. The van der Waals surface area contributed by atoms with Gasteiger partial charge in [-0.1, -0.05) is 6.92 Å². The Morgan fingerprint density at radius 1 is 1.40 bits per heavy atom. The normalized spacial score (nSPS) is 50.5. The first-order valence-corrected chi connectivity index (χ1v) is 3.93. The molecule has 56 valence electrons. The van der Waals surface area contributed by atoms with Crippen molar-refractivity contribution in [3.8, 4) is 0 Å². The second-order valence-corrected chi connectivity index (χ2v) is 3.72. The van der Waals surface area contributed by atoms with E-state index in [4.69, 9.17) is 5.11 Å². The molecule has 0 saturated heterocycles. The minimum atomic E-state index is -0.580. The topological polar surface area (TPSA) is 37.3 Å². The van der Waals surface area contributed by atoms with Gasteiger partial charge in [-0.3, -0.25) is 4.79 Å². The highest BCUT2D eigenvalue weighted by atomic mass is 16.4. The quantitative estimate of drug-likeness (QED) is 0.628. The van der Waals surface area contributed by atoms with Crippen LogP contribution >= 0.6 is 0 Å². The van der Waals surface area contributed by atoms with Gasteiger partial charge in [0.1, 0.15) is 0 Å². The molecule has 0 spiro atoms. The fraction of sp³-hybridized carbons (Fsp3) is 0.875. The van der Waals surface area contributed by atoms with E-state index in [-0.39, 0.29) is 5.92 Å². The molecule has 0 amide bonds. The second kappa shape index (κ2) is 1.74. The summed E-state index contributed by atoms with van der Waals surface area (Å²) in [6, 6.07) is 0. The highest BCUT2D eigenvalue weighted by Crippen LogP contribution is 2.57. The number of rotatable bonds is 2. The molecule has 0 radical (unpaired) electrons. The van der Waals surface area contributed by atoms with Crippen LogP contribution in [0.25, 0.3) is 0 Å². The van der Waals surface area contributed by atoms with Crippen LogP contribution < -0.4 is 0 Å². The maximum atomic E-state index is 10.4. The average Bonchev–Trinajstić information content (AvgIpc) is 2.57. The zero-order valence-corrected chi connectivity index (χ0v) is 6.08. The van der Waals surface area contributed by atoms with Gasteiger partial charge < -0.3 is 5.11 Å². The first-order chi connectivity index (χ1) is 4.70. The Kier molecular flexibility index (Phi) is 1.08. The molecule has 2 fully saturated rings. The van der Waals surface area contributed by atoms with E-state index in [0.29, 0.717) is 5.92 Å². The summed E-state index contributed by atoms with van der Waals surface area (Å²) >= 11 is 0. The molecule has 0 bridgehead atoms. The molecule has 2 heteroatoms. The van der Waals surface area contributed by atoms with Gasteiger partial charge in [0.2, 0.25) is 0 Å².